The van der Waals surface area contributed by atoms with Crippen molar-refractivity contribution < 1.29 is 28.2 Å². The number of nitrogens with zero attached hydrogens (tertiary/aromatic N) is 4. The van der Waals surface area contributed by atoms with E-state index < -0.39 is 9.84 Å². The van der Waals surface area contributed by atoms with Crippen LogP contribution in [0, 0.1) is 6.92 Å². The lowest BCUT2D eigenvalue weighted by Gasteiger charge is -2.12. The first-order chi connectivity index (χ1) is 19.5. The van der Waals surface area contributed by atoms with Gasteiger partial charge in [0, 0.05) is 16.8 Å². The van der Waals surface area contributed by atoms with Crippen molar-refractivity contribution in [3.63, 3.8) is 0 Å². The Morgan fingerprint density at radius 1 is 0.878 bits per heavy atom. The summed E-state index contributed by atoms with van der Waals surface area (Å²) >= 11 is 0. The molecule has 0 aliphatic carbocycles. The molecule has 0 saturated carbocycles. The van der Waals surface area contributed by atoms with E-state index in [0.717, 1.165) is 0 Å². The highest BCUT2D eigenvalue weighted by molar-refractivity contribution is 7.91. The van der Waals surface area contributed by atoms with Crippen molar-refractivity contribution in [2.24, 2.45) is 20.5 Å². The Kier molecular flexibility index (Phi) is 8.62. The van der Waals surface area contributed by atoms with E-state index in [4.69, 9.17) is 4.74 Å². The number of phenols is 2. The van der Waals surface area contributed by atoms with Crippen LogP contribution < -0.4 is 10.1 Å². The van der Waals surface area contributed by atoms with Crippen LogP contribution in [0.5, 0.6) is 17.2 Å². The summed E-state index contributed by atoms with van der Waals surface area (Å²) < 4.78 is 29.7. The van der Waals surface area contributed by atoms with Crippen molar-refractivity contribution in [1.82, 2.24) is 0 Å². The van der Waals surface area contributed by atoms with Gasteiger partial charge in [-0.15, -0.1) is 15.3 Å². The van der Waals surface area contributed by atoms with Crippen molar-refractivity contribution in [3.05, 3.63) is 66.2 Å². The van der Waals surface area contributed by atoms with Crippen LogP contribution in [0.25, 0.3) is 10.8 Å². The molecule has 0 unspecified atom stereocenters. The number of aryl methyl sites for hydroxylation is 1. The number of azo groups is 2. The third-order valence-electron chi connectivity index (χ3n) is 6.26. The van der Waals surface area contributed by atoms with Gasteiger partial charge in [-0.25, -0.2) is 8.42 Å². The molecule has 12 heteroatoms. The minimum Gasteiger partial charge on any atom is -0.506 e. The molecule has 0 atom stereocenters. The molecule has 11 nitrogen and oxygen atoms in total. The second-order valence-corrected chi connectivity index (χ2v) is 11.4. The van der Waals surface area contributed by atoms with Crippen LogP contribution in [0.1, 0.15) is 19.4 Å². The smallest absolute Gasteiger partial charge is 0.178 e. The van der Waals surface area contributed by atoms with Gasteiger partial charge in [0.05, 0.1) is 35.7 Å². The molecule has 0 fully saturated rings. The molecule has 0 amide bonds. The Labute approximate surface area is 237 Å². The molecule has 4 rings (SSSR count). The van der Waals surface area contributed by atoms with E-state index in [9.17, 15) is 23.4 Å². The van der Waals surface area contributed by atoms with Gasteiger partial charge in [0.25, 0.3) is 0 Å². The number of Topliss-reactive ketones (excluding diaryl/α,β-unsaturated/α-hetero) is 1. The molecule has 0 saturated heterocycles. The van der Waals surface area contributed by atoms with Crippen LogP contribution in [0.2, 0.25) is 0 Å². The van der Waals surface area contributed by atoms with Gasteiger partial charge in [-0.2, -0.15) is 5.11 Å². The zero-order valence-electron chi connectivity index (χ0n) is 22.9. The van der Waals surface area contributed by atoms with Gasteiger partial charge in [0.15, 0.2) is 15.6 Å². The predicted molar refractivity (Wildman–Crippen MR) is 157 cm³/mol. The van der Waals surface area contributed by atoms with Crippen LogP contribution in [0.3, 0.4) is 0 Å². The maximum Gasteiger partial charge on any atom is 0.178 e. The lowest BCUT2D eigenvalue weighted by molar-refractivity contribution is -0.115. The van der Waals surface area contributed by atoms with Crippen molar-refractivity contribution in [1.29, 1.82) is 0 Å². The van der Waals surface area contributed by atoms with E-state index in [1.807, 2.05) is 0 Å². The monoisotopic (exact) mass is 575 g/mol. The first kappa shape index (κ1) is 29.2. The quantitative estimate of drug-likeness (QED) is 0.168. The Morgan fingerprint density at radius 2 is 1.56 bits per heavy atom. The molecule has 0 spiro atoms. The zero-order valence-corrected chi connectivity index (χ0v) is 23.7. The largest absolute Gasteiger partial charge is 0.506 e. The first-order valence-electron chi connectivity index (χ1n) is 12.6. The van der Waals surface area contributed by atoms with E-state index in [1.54, 1.807) is 56.3 Å². The average molecular weight is 576 g/mol. The number of ketones is 1. The normalized spacial score (nSPS) is 11.9. The zero-order chi connectivity index (χ0) is 29.7. The molecular formula is C29H29N5O6S. The maximum atomic E-state index is 12.2. The molecule has 0 aromatic heterocycles. The lowest BCUT2D eigenvalue weighted by Crippen LogP contribution is -2.09. The van der Waals surface area contributed by atoms with Gasteiger partial charge >= 0.3 is 0 Å². The topological polar surface area (TPSA) is 162 Å². The summed E-state index contributed by atoms with van der Waals surface area (Å²) in [5, 5.41) is 42.1. The highest BCUT2D eigenvalue weighted by Gasteiger charge is 2.15. The third kappa shape index (κ3) is 6.49. The number of anilines is 1. The van der Waals surface area contributed by atoms with E-state index in [1.165, 1.54) is 32.2 Å². The fourth-order valence-electron chi connectivity index (χ4n) is 3.94. The molecule has 0 bridgehead atoms. The molecule has 0 aliphatic heterocycles. The summed E-state index contributed by atoms with van der Waals surface area (Å²) in [5.41, 5.74) is 2.26. The molecule has 4 aromatic rings. The number of sulfone groups is 1. The fraction of sp³-hybridized carbons (Fsp3) is 0.207. The van der Waals surface area contributed by atoms with E-state index in [-0.39, 0.29) is 45.9 Å². The molecule has 212 valence electrons. The number of rotatable bonds is 10. The minimum atomic E-state index is -3.37. The van der Waals surface area contributed by atoms with Crippen molar-refractivity contribution in [2.45, 2.75) is 25.7 Å². The van der Waals surface area contributed by atoms with Crippen LogP contribution in [0.4, 0.5) is 28.4 Å². The summed E-state index contributed by atoms with van der Waals surface area (Å²) in [6.07, 6.45) is 0. The number of carbonyl (C=O) groups excluding carboxylic acids is 1. The summed E-state index contributed by atoms with van der Waals surface area (Å²) in [5.74, 6) is 0.107. The average Bonchev–Trinajstić information content (AvgIpc) is 2.95. The van der Waals surface area contributed by atoms with Gasteiger partial charge in [0.2, 0.25) is 0 Å². The lowest BCUT2D eigenvalue weighted by atomic mass is 10.1. The molecule has 3 N–H and O–H groups in total. The van der Waals surface area contributed by atoms with Crippen molar-refractivity contribution in [2.75, 3.05) is 24.7 Å². The van der Waals surface area contributed by atoms with E-state index >= 15 is 0 Å². The number of aromatic hydroxyl groups is 2. The molecule has 41 heavy (non-hydrogen) atoms. The number of phenolic OH excluding ortho intramolecular Hbond substituents is 2. The number of methoxy groups -OCH3 is 1. The summed E-state index contributed by atoms with van der Waals surface area (Å²) in [7, 11) is -1.88. The fourth-order valence-corrected chi connectivity index (χ4v) is 4.90. The van der Waals surface area contributed by atoms with Crippen LogP contribution in [-0.4, -0.2) is 43.8 Å². The van der Waals surface area contributed by atoms with Gasteiger partial charge in [0.1, 0.15) is 34.3 Å². The number of hydrogen-bond acceptors (Lipinski definition) is 11. The Balaban J connectivity index is 1.77. The van der Waals surface area contributed by atoms with Gasteiger partial charge in [-0.05, 0) is 74.0 Å². The Hall–Kier alpha value is -4.84. The highest BCUT2D eigenvalue weighted by atomic mass is 32.2. The predicted octanol–water partition coefficient (Wildman–Crippen LogP) is 7.19. The van der Waals surface area contributed by atoms with Crippen LogP contribution in [-0.2, 0) is 14.6 Å². The highest BCUT2D eigenvalue weighted by Crippen LogP contribution is 2.43. The van der Waals surface area contributed by atoms with Crippen molar-refractivity contribution in [3.8, 4) is 17.2 Å². The number of hydrogen-bond donors (Lipinski definition) is 3. The van der Waals surface area contributed by atoms with Gasteiger partial charge in [-0.3, -0.25) is 4.79 Å². The van der Waals surface area contributed by atoms with E-state index in [2.05, 4.69) is 25.8 Å². The SMILES string of the molecule is CCS(=O)(=O)c1ccc(N=Nc2c(NCC(C)=O)ccc3c(O)c(N=Nc4cc(OC)ccc4O)ccc23)c(C)c1. The number of ether oxygens (including phenoxy) is 1. The molecular weight excluding hydrogens is 546 g/mol. The first-order valence-corrected chi connectivity index (χ1v) is 14.2. The second kappa shape index (κ2) is 12.1. The number of nitrogens with one attached hydrogen (secondary N) is 1. The summed E-state index contributed by atoms with van der Waals surface area (Å²) in [6.45, 7) is 4.83. The van der Waals surface area contributed by atoms with E-state index in [0.29, 0.717) is 39.1 Å². The summed E-state index contributed by atoms with van der Waals surface area (Å²) in [4.78, 5) is 11.9. The van der Waals surface area contributed by atoms with Gasteiger partial charge in [-0.1, -0.05) is 6.92 Å². The third-order valence-corrected chi connectivity index (χ3v) is 8.00. The maximum absolute atomic E-state index is 12.2. The standard InChI is InChI=1S/C29H29N5O6S/c1-5-41(38,39)20-7-10-23(17(2)14-20)31-34-28-21-8-12-25(32-33-26-15-19(40-4)6-13-27(26)36)29(37)22(21)9-11-24(28)30-16-18(3)35/h6-15,30,36-37H,5,16H2,1-4H3. The minimum absolute atomic E-state index is 0.0137. The van der Waals surface area contributed by atoms with Gasteiger partial charge < -0.3 is 20.3 Å². The number of benzene rings is 4. The van der Waals surface area contributed by atoms with Crippen LogP contribution in [0.15, 0.2) is 86.0 Å². The molecule has 4 aromatic carbocycles. The van der Waals surface area contributed by atoms with Crippen LogP contribution >= 0.6 is 0 Å². The molecule has 0 radical (unpaired) electrons. The summed E-state index contributed by atoms with van der Waals surface area (Å²) in [6, 6.07) is 15.7. The second-order valence-electron chi connectivity index (χ2n) is 9.15. The molecule has 0 aliphatic rings. The Morgan fingerprint density at radius 3 is 2.24 bits per heavy atom. The Bertz CT molecular complexity index is 1800. The number of carbonyl (C=O) groups is 1. The molecule has 0 heterocycles. The number of fused-ring (bicyclic) bond motifs is 1. The van der Waals surface area contributed by atoms with Crippen molar-refractivity contribution >= 4 is 54.8 Å².